The molecule has 1 aliphatic heterocycles. The number of amides is 1. The average molecular weight is 381 g/mol. The molecule has 0 atom stereocenters. The maximum Gasteiger partial charge on any atom is 0.261 e. The van der Waals surface area contributed by atoms with Crippen LogP contribution in [0.2, 0.25) is 5.02 Å². The summed E-state index contributed by atoms with van der Waals surface area (Å²) < 4.78 is 32.4. The number of nitrogens with one attached hydrogen (secondary N) is 1. The zero-order chi connectivity index (χ0) is 18.0. The number of hydrogen-bond acceptors (Lipinski definition) is 4. The number of benzene rings is 2. The smallest absolute Gasteiger partial charge is 0.261 e. The second kappa shape index (κ2) is 7.03. The molecule has 1 amide bonds. The van der Waals surface area contributed by atoms with E-state index in [4.69, 9.17) is 16.3 Å². The fourth-order valence-electron chi connectivity index (χ4n) is 2.75. The number of sulfonamides is 1. The van der Waals surface area contributed by atoms with Crippen molar-refractivity contribution in [2.45, 2.75) is 11.3 Å². The summed E-state index contributed by atoms with van der Waals surface area (Å²) in [4.78, 5) is 13.8. The first kappa shape index (κ1) is 17.7. The molecule has 0 spiro atoms. The number of rotatable bonds is 5. The van der Waals surface area contributed by atoms with Gasteiger partial charge in [-0.2, -0.15) is 0 Å². The van der Waals surface area contributed by atoms with E-state index in [1.54, 1.807) is 29.2 Å². The highest BCUT2D eigenvalue weighted by Crippen LogP contribution is 2.32. The molecule has 1 heterocycles. The van der Waals surface area contributed by atoms with Gasteiger partial charge in [0, 0.05) is 24.4 Å². The highest BCUT2D eigenvalue weighted by atomic mass is 35.5. The van der Waals surface area contributed by atoms with Gasteiger partial charge in [-0.1, -0.05) is 23.7 Å². The molecule has 1 aliphatic rings. The normalized spacial score (nSPS) is 13.6. The predicted molar refractivity (Wildman–Crippen MR) is 96.6 cm³/mol. The molecule has 132 valence electrons. The van der Waals surface area contributed by atoms with E-state index in [0.29, 0.717) is 22.9 Å². The van der Waals surface area contributed by atoms with E-state index in [1.807, 2.05) is 6.07 Å². The molecule has 2 aromatic rings. The molecule has 0 bridgehead atoms. The van der Waals surface area contributed by atoms with E-state index in [9.17, 15) is 13.2 Å². The minimum absolute atomic E-state index is 0.0160. The summed E-state index contributed by atoms with van der Waals surface area (Å²) in [6.07, 6.45) is 0.728. The number of hydrogen-bond donors (Lipinski definition) is 1. The maximum absolute atomic E-state index is 12.5. The molecule has 0 aliphatic carbocycles. The Morgan fingerprint density at radius 3 is 2.80 bits per heavy atom. The molecule has 1 N–H and O–H groups in total. The van der Waals surface area contributed by atoms with Gasteiger partial charge in [-0.3, -0.25) is 9.52 Å². The Morgan fingerprint density at radius 2 is 2.08 bits per heavy atom. The Labute approximate surface area is 151 Å². The number of methoxy groups -OCH3 is 1. The number of carbonyl (C=O) groups excluding carboxylic acids is 1. The van der Waals surface area contributed by atoms with Crippen LogP contribution in [0, 0.1) is 0 Å². The van der Waals surface area contributed by atoms with Crippen LogP contribution < -0.4 is 9.62 Å². The van der Waals surface area contributed by atoms with Crippen molar-refractivity contribution in [1.82, 2.24) is 0 Å². The third kappa shape index (κ3) is 3.78. The summed E-state index contributed by atoms with van der Waals surface area (Å²) in [5.41, 5.74) is 2.08. The molecule has 0 aromatic heterocycles. The first-order valence-electron chi connectivity index (χ1n) is 7.61. The van der Waals surface area contributed by atoms with Crippen LogP contribution in [0.15, 0.2) is 47.4 Å². The summed E-state index contributed by atoms with van der Waals surface area (Å²) >= 11 is 5.87. The number of anilines is 2. The third-order valence-electron chi connectivity index (χ3n) is 3.91. The van der Waals surface area contributed by atoms with Gasteiger partial charge in [-0.15, -0.1) is 0 Å². The Hall–Kier alpha value is -2.09. The predicted octanol–water partition coefficient (Wildman–Crippen LogP) is 2.68. The number of fused-ring (bicyclic) bond motifs is 1. The van der Waals surface area contributed by atoms with E-state index < -0.39 is 10.0 Å². The van der Waals surface area contributed by atoms with Crippen LogP contribution in [-0.2, 0) is 26.0 Å². The highest BCUT2D eigenvalue weighted by Gasteiger charge is 2.25. The van der Waals surface area contributed by atoms with Gasteiger partial charge in [0.05, 0.1) is 10.6 Å². The van der Waals surface area contributed by atoms with Crippen molar-refractivity contribution in [2.24, 2.45) is 0 Å². The van der Waals surface area contributed by atoms with Gasteiger partial charge in [0.2, 0.25) is 0 Å². The highest BCUT2D eigenvalue weighted by molar-refractivity contribution is 7.92. The van der Waals surface area contributed by atoms with Crippen LogP contribution >= 0.6 is 11.6 Å². The summed E-state index contributed by atoms with van der Waals surface area (Å²) in [5.74, 6) is -0.156. The van der Waals surface area contributed by atoms with E-state index in [1.165, 1.54) is 19.2 Å². The van der Waals surface area contributed by atoms with E-state index in [-0.39, 0.29) is 17.4 Å². The van der Waals surface area contributed by atoms with Crippen molar-refractivity contribution in [3.05, 3.63) is 53.1 Å². The molecule has 0 fully saturated rings. The molecular formula is C17H17ClN2O4S. The summed E-state index contributed by atoms with van der Waals surface area (Å²) in [5, 5.41) is 0.341. The lowest BCUT2D eigenvalue weighted by atomic mass is 10.1. The fourth-order valence-corrected chi connectivity index (χ4v) is 4.10. The van der Waals surface area contributed by atoms with Gasteiger partial charge in [-0.05, 0) is 42.3 Å². The number of nitrogens with zero attached hydrogens (tertiary/aromatic N) is 1. The van der Waals surface area contributed by atoms with Gasteiger partial charge in [0.1, 0.15) is 6.61 Å². The zero-order valence-electron chi connectivity index (χ0n) is 13.5. The summed E-state index contributed by atoms with van der Waals surface area (Å²) in [6, 6.07) is 11.2. The molecule has 0 saturated heterocycles. The second-order valence-electron chi connectivity index (χ2n) is 5.63. The molecule has 2 aromatic carbocycles. The van der Waals surface area contributed by atoms with Crippen LogP contribution in [0.5, 0.6) is 0 Å². The third-order valence-corrected chi connectivity index (χ3v) is 5.52. The number of halogens is 1. The van der Waals surface area contributed by atoms with Crippen molar-refractivity contribution in [3.63, 3.8) is 0 Å². The van der Waals surface area contributed by atoms with Crippen molar-refractivity contribution < 1.29 is 17.9 Å². The maximum atomic E-state index is 12.5. The SMILES string of the molecule is COCC(=O)N1CCc2ccc(NS(=O)(=O)c3cccc(Cl)c3)cc21. The molecular weight excluding hydrogens is 364 g/mol. The van der Waals surface area contributed by atoms with E-state index >= 15 is 0 Å². The van der Waals surface area contributed by atoms with Gasteiger partial charge < -0.3 is 9.64 Å². The molecule has 8 heteroatoms. The van der Waals surface area contributed by atoms with Gasteiger partial charge in [0.15, 0.2) is 0 Å². The van der Waals surface area contributed by atoms with Gasteiger partial charge in [0.25, 0.3) is 15.9 Å². The average Bonchev–Trinajstić information content (AvgIpc) is 2.98. The fraction of sp³-hybridized carbons (Fsp3) is 0.235. The topological polar surface area (TPSA) is 75.7 Å². The number of carbonyl (C=O) groups is 1. The lowest BCUT2D eigenvalue weighted by Crippen LogP contribution is -2.32. The molecule has 0 radical (unpaired) electrons. The zero-order valence-corrected chi connectivity index (χ0v) is 15.1. The largest absolute Gasteiger partial charge is 0.375 e. The quantitative estimate of drug-likeness (QED) is 0.865. The van der Waals surface area contributed by atoms with Crippen LogP contribution in [0.4, 0.5) is 11.4 Å². The van der Waals surface area contributed by atoms with E-state index in [0.717, 1.165) is 12.0 Å². The van der Waals surface area contributed by atoms with Crippen LogP contribution in [0.25, 0.3) is 0 Å². The lowest BCUT2D eigenvalue weighted by Gasteiger charge is -2.18. The second-order valence-corrected chi connectivity index (χ2v) is 7.75. The minimum atomic E-state index is -3.76. The van der Waals surface area contributed by atoms with Gasteiger partial charge in [-0.25, -0.2) is 8.42 Å². The number of ether oxygens (including phenoxy) is 1. The minimum Gasteiger partial charge on any atom is -0.375 e. The van der Waals surface area contributed by atoms with Crippen molar-refractivity contribution in [3.8, 4) is 0 Å². The molecule has 0 saturated carbocycles. The summed E-state index contributed by atoms with van der Waals surface area (Å²) in [6.45, 7) is 0.542. The molecule has 0 unspecified atom stereocenters. The summed E-state index contributed by atoms with van der Waals surface area (Å²) in [7, 11) is -2.30. The monoisotopic (exact) mass is 380 g/mol. The Kier molecular flexibility index (Phi) is 4.99. The van der Waals surface area contributed by atoms with Crippen molar-refractivity contribution in [1.29, 1.82) is 0 Å². The lowest BCUT2D eigenvalue weighted by molar-refractivity contribution is -0.122. The van der Waals surface area contributed by atoms with Gasteiger partial charge >= 0.3 is 0 Å². The van der Waals surface area contributed by atoms with Crippen LogP contribution in [0.3, 0.4) is 0 Å². The first-order chi connectivity index (χ1) is 11.9. The van der Waals surface area contributed by atoms with Crippen LogP contribution in [-0.4, -0.2) is 34.6 Å². The first-order valence-corrected chi connectivity index (χ1v) is 9.47. The Bertz CT molecular complexity index is 915. The van der Waals surface area contributed by atoms with E-state index in [2.05, 4.69) is 4.72 Å². The van der Waals surface area contributed by atoms with Crippen LogP contribution in [0.1, 0.15) is 5.56 Å². The standard InChI is InChI=1S/C17H17ClN2O4S/c1-24-11-17(21)20-8-7-12-5-6-14(10-16(12)20)19-25(22,23)15-4-2-3-13(18)9-15/h2-6,9-10,19H,7-8,11H2,1H3. The van der Waals surface area contributed by atoms with Crippen molar-refractivity contribution >= 4 is 38.9 Å². The molecule has 6 nitrogen and oxygen atoms in total. The van der Waals surface area contributed by atoms with Crippen molar-refractivity contribution in [2.75, 3.05) is 29.9 Å². The molecule has 25 heavy (non-hydrogen) atoms. The Morgan fingerprint density at radius 1 is 1.28 bits per heavy atom. The Balaban J connectivity index is 1.88. The molecule has 3 rings (SSSR count).